The fourth-order valence-electron chi connectivity index (χ4n) is 3.10. The van der Waals surface area contributed by atoms with Crippen molar-refractivity contribution in [2.24, 2.45) is 0 Å². The van der Waals surface area contributed by atoms with E-state index in [0.717, 1.165) is 29.4 Å². The van der Waals surface area contributed by atoms with Gasteiger partial charge in [-0.2, -0.15) is 0 Å². The average Bonchev–Trinajstić information content (AvgIpc) is 2.55. The zero-order chi connectivity index (χ0) is 14.2. The van der Waals surface area contributed by atoms with Gasteiger partial charge in [0.1, 0.15) is 11.3 Å². The first-order valence-electron chi connectivity index (χ1n) is 7.48. The molecule has 0 saturated carbocycles. The first-order chi connectivity index (χ1) is 10.3. The predicted molar refractivity (Wildman–Crippen MR) is 86.4 cm³/mol. The third-order valence-corrected chi connectivity index (χ3v) is 4.23. The maximum Gasteiger partial charge on any atom is 0.193 e. The molecule has 21 heavy (non-hydrogen) atoms. The molecule has 1 aliphatic carbocycles. The lowest BCUT2D eigenvalue weighted by Gasteiger charge is -2.12. The smallest absolute Gasteiger partial charge is 0.193 e. The molecule has 1 heterocycles. The van der Waals surface area contributed by atoms with Crippen LogP contribution in [0.2, 0.25) is 0 Å². The van der Waals surface area contributed by atoms with Crippen molar-refractivity contribution in [1.29, 1.82) is 0 Å². The zero-order valence-electron chi connectivity index (χ0n) is 11.8. The average molecular weight is 276 g/mol. The summed E-state index contributed by atoms with van der Waals surface area (Å²) in [5.41, 5.74) is 1.93. The number of benzene rings is 2. The molecule has 2 aromatic carbocycles. The molecule has 2 nitrogen and oxygen atoms in total. The summed E-state index contributed by atoms with van der Waals surface area (Å²) in [5.74, 6) is 0.739. The van der Waals surface area contributed by atoms with Crippen molar-refractivity contribution >= 4 is 27.3 Å². The van der Waals surface area contributed by atoms with Gasteiger partial charge in [-0.15, -0.1) is 0 Å². The molecule has 0 aliphatic heterocycles. The topological polar surface area (TPSA) is 30.2 Å². The van der Waals surface area contributed by atoms with Crippen molar-refractivity contribution in [3.63, 3.8) is 0 Å². The summed E-state index contributed by atoms with van der Waals surface area (Å²) in [5, 5.41) is 2.77. The quantitative estimate of drug-likeness (QED) is 0.591. The van der Waals surface area contributed by atoms with E-state index >= 15 is 0 Å². The zero-order valence-corrected chi connectivity index (χ0v) is 11.8. The molecule has 0 spiro atoms. The molecule has 3 aromatic rings. The van der Waals surface area contributed by atoms with Crippen LogP contribution in [0.4, 0.5) is 0 Å². The standard InChI is InChI=1S/C19H16O2/c20-17-12-18(14-7-2-1-3-8-14)21-19-15-9-5-4-6-13(15)10-11-16(17)19/h4-7,9-12H,1-3,8H2. The lowest BCUT2D eigenvalue weighted by Crippen LogP contribution is -2.03. The molecule has 0 N–H and O–H groups in total. The number of hydrogen-bond donors (Lipinski definition) is 0. The van der Waals surface area contributed by atoms with Crippen LogP contribution in [0.15, 0.2) is 57.8 Å². The van der Waals surface area contributed by atoms with Crippen molar-refractivity contribution in [3.8, 4) is 0 Å². The monoisotopic (exact) mass is 276 g/mol. The molecule has 0 fully saturated rings. The van der Waals surface area contributed by atoms with Gasteiger partial charge in [-0.3, -0.25) is 4.79 Å². The second-order valence-corrected chi connectivity index (χ2v) is 5.61. The maximum absolute atomic E-state index is 12.4. The molecule has 0 bridgehead atoms. The Bertz CT molecular complexity index is 916. The predicted octanol–water partition coefficient (Wildman–Crippen LogP) is 4.90. The Balaban J connectivity index is 2.05. The van der Waals surface area contributed by atoms with Gasteiger partial charge in [-0.25, -0.2) is 0 Å². The number of hydrogen-bond acceptors (Lipinski definition) is 2. The molecule has 0 saturated heterocycles. The first kappa shape index (κ1) is 12.4. The molecule has 0 unspecified atom stereocenters. The second-order valence-electron chi connectivity index (χ2n) is 5.61. The van der Waals surface area contributed by atoms with Gasteiger partial charge in [0.05, 0.1) is 5.39 Å². The van der Waals surface area contributed by atoms with Gasteiger partial charge < -0.3 is 4.42 Å². The molecule has 0 amide bonds. The van der Waals surface area contributed by atoms with Gasteiger partial charge in [-0.1, -0.05) is 36.4 Å². The molecular weight excluding hydrogens is 260 g/mol. The number of allylic oxidation sites excluding steroid dienone is 2. The molecule has 1 aliphatic rings. The minimum atomic E-state index is 0.0449. The Labute approximate surface area is 122 Å². The lowest BCUT2D eigenvalue weighted by atomic mass is 9.97. The Morgan fingerprint density at radius 3 is 2.71 bits per heavy atom. The van der Waals surface area contributed by atoms with Crippen LogP contribution >= 0.6 is 0 Å². The Morgan fingerprint density at radius 1 is 0.952 bits per heavy atom. The Morgan fingerprint density at radius 2 is 1.86 bits per heavy atom. The normalized spacial score (nSPS) is 15.3. The van der Waals surface area contributed by atoms with Crippen molar-refractivity contribution < 1.29 is 4.42 Å². The van der Waals surface area contributed by atoms with E-state index in [1.807, 2.05) is 36.4 Å². The summed E-state index contributed by atoms with van der Waals surface area (Å²) in [6.07, 6.45) is 6.68. The molecule has 2 heteroatoms. The van der Waals surface area contributed by atoms with Gasteiger partial charge in [0.2, 0.25) is 0 Å². The summed E-state index contributed by atoms with van der Waals surface area (Å²) in [4.78, 5) is 12.4. The summed E-state index contributed by atoms with van der Waals surface area (Å²) in [6.45, 7) is 0. The first-order valence-corrected chi connectivity index (χ1v) is 7.48. The van der Waals surface area contributed by atoms with E-state index in [4.69, 9.17) is 4.42 Å². The van der Waals surface area contributed by atoms with Gasteiger partial charge >= 0.3 is 0 Å². The summed E-state index contributed by atoms with van der Waals surface area (Å²) in [6, 6.07) is 13.5. The highest BCUT2D eigenvalue weighted by atomic mass is 16.3. The number of rotatable bonds is 1. The second kappa shape index (κ2) is 4.88. The molecule has 0 atom stereocenters. The van der Waals surface area contributed by atoms with Crippen molar-refractivity contribution in [1.82, 2.24) is 0 Å². The third-order valence-electron chi connectivity index (χ3n) is 4.23. The maximum atomic E-state index is 12.4. The van der Waals surface area contributed by atoms with Crippen molar-refractivity contribution in [2.75, 3.05) is 0 Å². The van der Waals surface area contributed by atoms with Crippen LogP contribution in [0, 0.1) is 0 Å². The van der Waals surface area contributed by atoms with Crippen molar-refractivity contribution in [2.45, 2.75) is 25.7 Å². The summed E-state index contributed by atoms with van der Waals surface area (Å²) < 4.78 is 6.13. The highest BCUT2D eigenvalue weighted by Gasteiger charge is 2.13. The molecular formula is C19H16O2. The Kier molecular flexibility index (Phi) is 2.88. The molecule has 0 radical (unpaired) electrons. The van der Waals surface area contributed by atoms with Gasteiger partial charge in [-0.05, 0) is 42.7 Å². The van der Waals surface area contributed by atoms with Crippen molar-refractivity contribution in [3.05, 3.63) is 64.5 Å². The Hall–Kier alpha value is -2.35. The lowest BCUT2D eigenvalue weighted by molar-refractivity contribution is 0.579. The molecule has 4 rings (SSSR count). The van der Waals surface area contributed by atoms with E-state index in [1.165, 1.54) is 18.4 Å². The molecule has 1 aromatic heterocycles. The highest BCUT2D eigenvalue weighted by Crippen LogP contribution is 2.30. The van der Waals surface area contributed by atoms with E-state index in [1.54, 1.807) is 6.07 Å². The van der Waals surface area contributed by atoms with Crippen LogP contribution in [-0.4, -0.2) is 0 Å². The van der Waals surface area contributed by atoms with Crippen LogP contribution in [0.5, 0.6) is 0 Å². The van der Waals surface area contributed by atoms with E-state index in [0.29, 0.717) is 11.0 Å². The summed E-state index contributed by atoms with van der Waals surface area (Å²) in [7, 11) is 0. The van der Waals surface area contributed by atoms with E-state index < -0.39 is 0 Å². The number of fused-ring (bicyclic) bond motifs is 3. The van der Waals surface area contributed by atoms with Crippen LogP contribution in [0.3, 0.4) is 0 Å². The fraction of sp³-hybridized carbons (Fsp3) is 0.211. The van der Waals surface area contributed by atoms with Crippen LogP contribution in [0.1, 0.15) is 31.4 Å². The van der Waals surface area contributed by atoms with Gasteiger partial charge in [0.15, 0.2) is 5.43 Å². The van der Waals surface area contributed by atoms with E-state index in [-0.39, 0.29) is 5.43 Å². The highest BCUT2D eigenvalue weighted by molar-refractivity contribution is 6.04. The fourth-order valence-corrected chi connectivity index (χ4v) is 3.10. The summed E-state index contributed by atoms with van der Waals surface area (Å²) >= 11 is 0. The van der Waals surface area contributed by atoms with Gasteiger partial charge in [0.25, 0.3) is 0 Å². The van der Waals surface area contributed by atoms with Gasteiger partial charge in [0, 0.05) is 11.5 Å². The van der Waals surface area contributed by atoms with Crippen LogP contribution in [-0.2, 0) is 0 Å². The van der Waals surface area contributed by atoms with E-state index in [9.17, 15) is 4.79 Å². The SMILES string of the molecule is O=c1cc(C2=CCCCC2)oc2c1ccc1ccccc12. The minimum absolute atomic E-state index is 0.0449. The third kappa shape index (κ3) is 2.07. The van der Waals surface area contributed by atoms with Crippen LogP contribution < -0.4 is 5.43 Å². The van der Waals surface area contributed by atoms with Crippen LogP contribution in [0.25, 0.3) is 27.3 Å². The molecule has 104 valence electrons. The minimum Gasteiger partial charge on any atom is -0.456 e. The van der Waals surface area contributed by atoms with E-state index in [2.05, 4.69) is 6.08 Å². The largest absolute Gasteiger partial charge is 0.456 e.